The van der Waals surface area contributed by atoms with Gasteiger partial charge in [-0.15, -0.1) is 0 Å². The predicted molar refractivity (Wildman–Crippen MR) is 50.5 cm³/mol. The van der Waals surface area contributed by atoms with Crippen LogP contribution in [0, 0.1) is 5.41 Å². The van der Waals surface area contributed by atoms with Gasteiger partial charge in [-0.1, -0.05) is 44.6 Å². The third kappa shape index (κ3) is 1.95. The summed E-state index contributed by atoms with van der Waals surface area (Å²) in [5.74, 6) is 0. The molecule has 1 rings (SSSR count). The third-order valence-corrected chi connectivity index (χ3v) is 2.67. The normalized spacial score (nSPS) is 30.3. The fourth-order valence-electron chi connectivity index (χ4n) is 1.50. The second-order valence-electron chi connectivity index (χ2n) is 3.69. The van der Waals surface area contributed by atoms with Gasteiger partial charge in [0.1, 0.15) is 0 Å². The third-order valence-electron chi connectivity index (χ3n) is 2.67. The molecule has 1 unspecified atom stereocenters. The van der Waals surface area contributed by atoms with E-state index < -0.39 is 0 Å². The smallest absolute Gasteiger partial charge is 0.0109 e. The molecule has 11 heavy (non-hydrogen) atoms. The summed E-state index contributed by atoms with van der Waals surface area (Å²) in [5.41, 5.74) is 1.95. The maximum atomic E-state index is 2.44. The monoisotopic (exact) mass is 150 g/mol. The van der Waals surface area contributed by atoms with Crippen LogP contribution < -0.4 is 0 Å². The van der Waals surface area contributed by atoms with E-state index in [0.717, 1.165) is 0 Å². The number of rotatable bonds is 2. The van der Waals surface area contributed by atoms with Crippen molar-refractivity contribution in [2.45, 2.75) is 40.0 Å². The fourth-order valence-corrected chi connectivity index (χ4v) is 1.50. The second kappa shape index (κ2) is 3.25. The number of allylic oxidation sites excluding steroid dienone is 4. The molecule has 0 spiro atoms. The minimum Gasteiger partial charge on any atom is -0.0834 e. The highest BCUT2D eigenvalue weighted by Gasteiger charge is 2.19. The topological polar surface area (TPSA) is 0 Å². The molecule has 0 heteroatoms. The Morgan fingerprint density at radius 1 is 1.45 bits per heavy atom. The quantitative estimate of drug-likeness (QED) is 0.563. The Morgan fingerprint density at radius 3 is 2.73 bits per heavy atom. The Kier molecular flexibility index (Phi) is 2.53. The fraction of sp³-hybridized carbons (Fsp3) is 0.636. The standard InChI is InChI=1S/C11H18/c1-4-10-7-6-8-11(3,5-2)9-10/h6-7,9H,4-5,8H2,1-3H3. The summed E-state index contributed by atoms with van der Waals surface area (Å²) in [6, 6.07) is 0. The maximum Gasteiger partial charge on any atom is -0.0109 e. The molecular weight excluding hydrogens is 132 g/mol. The average molecular weight is 150 g/mol. The van der Waals surface area contributed by atoms with Gasteiger partial charge in [0.25, 0.3) is 0 Å². The molecule has 1 aliphatic rings. The van der Waals surface area contributed by atoms with Gasteiger partial charge < -0.3 is 0 Å². The molecule has 0 aliphatic heterocycles. The summed E-state index contributed by atoms with van der Waals surface area (Å²) in [5, 5.41) is 0. The van der Waals surface area contributed by atoms with E-state index in [2.05, 4.69) is 39.0 Å². The molecule has 0 amide bonds. The van der Waals surface area contributed by atoms with E-state index in [1.807, 2.05) is 0 Å². The first kappa shape index (κ1) is 8.58. The van der Waals surface area contributed by atoms with Gasteiger partial charge in [0.2, 0.25) is 0 Å². The number of hydrogen-bond donors (Lipinski definition) is 0. The zero-order valence-electron chi connectivity index (χ0n) is 7.85. The lowest BCUT2D eigenvalue weighted by molar-refractivity contribution is 0.410. The minimum atomic E-state index is 0.445. The van der Waals surface area contributed by atoms with Crippen molar-refractivity contribution in [2.24, 2.45) is 5.41 Å². The zero-order chi connectivity index (χ0) is 8.32. The van der Waals surface area contributed by atoms with E-state index in [-0.39, 0.29) is 0 Å². The van der Waals surface area contributed by atoms with Gasteiger partial charge in [0, 0.05) is 0 Å². The molecule has 0 N–H and O–H groups in total. The molecule has 0 aromatic heterocycles. The lowest BCUT2D eigenvalue weighted by Crippen LogP contribution is -2.13. The summed E-state index contributed by atoms with van der Waals surface area (Å²) < 4.78 is 0. The summed E-state index contributed by atoms with van der Waals surface area (Å²) in [7, 11) is 0. The molecule has 0 heterocycles. The van der Waals surface area contributed by atoms with Crippen molar-refractivity contribution in [3.8, 4) is 0 Å². The molecule has 0 aromatic carbocycles. The molecule has 0 nitrogen and oxygen atoms in total. The molecule has 0 fully saturated rings. The molecule has 1 atom stereocenters. The van der Waals surface area contributed by atoms with E-state index >= 15 is 0 Å². The first-order chi connectivity index (χ1) is 5.20. The van der Waals surface area contributed by atoms with Crippen molar-refractivity contribution >= 4 is 0 Å². The first-order valence-electron chi connectivity index (χ1n) is 4.58. The van der Waals surface area contributed by atoms with Crippen LogP contribution >= 0.6 is 0 Å². The van der Waals surface area contributed by atoms with Gasteiger partial charge in [-0.3, -0.25) is 0 Å². The Labute approximate surface area is 70.0 Å². The van der Waals surface area contributed by atoms with Crippen LogP contribution in [0.2, 0.25) is 0 Å². The van der Waals surface area contributed by atoms with Crippen LogP contribution in [0.5, 0.6) is 0 Å². The Bertz CT molecular complexity index is 186. The largest absolute Gasteiger partial charge is 0.0834 e. The van der Waals surface area contributed by atoms with E-state index in [1.165, 1.54) is 24.8 Å². The number of hydrogen-bond acceptors (Lipinski definition) is 0. The second-order valence-corrected chi connectivity index (χ2v) is 3.69. The van der Waals surface area contributed by atoms with Gasteiger partial charge in [0.05, 0.1) is 0 Å². The van der Waals surface area contributed by atoms with E-state index in [1.54, 1.807) is 0 Å². The molecule has 0 radical (unpaired) electrons. The molecule has 1 aliphatic carbocycles. The van der Waals surface area contributed by atoms with E-state index in [0.29, 0.717) is 5.41 Å². The average Bonchev–Trinajstić information content (AvgIpc) is 2.05. The Hall–Kier alpha value is -0.520. The van der Waals surface area contributed by atoms with Crippen LogP contribution in [-0.2, 0) is 0 Å². The van der Waals surface area contributed by atoms with Gasteiger partial charge in [0.15, 0.2) is 0 Å². The van der Waals surface area contributed by atoms with Gasteiger partial charge in [-0.05, 0) is 24.7 Å². The van der Waals surface area contributed by atoms with Crippen LogP contribution in [0.4, 0.5) is 0 Å². The van der Waals surface area contributed by atoms with E-state index in [4.69, 9.17) is 0 Å². The van der Waals surface area contributed by atoms with Crippen molar-refractivity contribution in [1.82, 2.24) is 0 Å². The lowest BCUT2D eigenvalue weighted by atomic mass is 9.79. The first-order valence-corrected chi connectivity index (χ1v) is 4.58. The summed E-state index contributed by atoms with van der Waals surface area (Å²) in [4.78, 5) is 0. The zero-order valence-corrected chi connectivity index (χ0v) is 7.85. The predicted octanol–water partition coefficient (Wildman–Crippen LogP) is 3.70. The molecule has 0 aromatic rings. The summed E-state index contributed by atoms with van der Waals surface area (Å²) in [6.07, 6.45) is 10.6. The van der Waals surface area contributed by atoms with Crippen molar-refractivity contribution in [3.63, 3.8) is 0 Å². The van der Waals surface area contributed by atoms with Crippen LogP contribution in [0.25, 0.3) is 0 Å². The maximum absolute atomic E-state index is 2.44. The summed E-state index contributed by atoms with van der Waals surface area (Å²) >= 11 is 0. The van der Waals surface area contributed by atoms with Crippen molar-refractivity contribution in [3.05, 3.63) is 23.8 Å². The Balaban J connectivity index is 2.75. The highest BCUT2D eigenvalue weighted by atomic mass is 14.2. The highest BCUT2D eigenvalue weighted by molar-refractivity contribution is 5.26. The molecule has 0 saturated heterocycles. The van der Waals surface area contributed by atoms with Crippen LogP contribution in [0.1, 0.15) is 40.0 Å². The van der Waals surface area contributed by atoms with Gasteiger partial charge >= 0.3 is 0 Å². The molecule has 0 saturated carbocycles. The summed E-state index contributed by atoms with van der Waals surface area (Å²) in [6.45, 7) is 6.83. The van der Waals surface area contributed by atoms with Gasteiger partial charge in [-0.25, -0.2) is 0 Å². The Morgan fingerprint density at radius 2 is 2.18 bits per heavy atom. The van der Waals surface area contributed by atoms with Crippen LogP contribution in [0.3, 0.4) is 0 Å². The molecule has 0 bridgehead atoms. The molecule has 62 valence electrons. The van der Waals surface area contributed by atoms with Crippen LogP contribution in [-0.4, -0.2) is 0 Å². The van der Waals surface area contributed by atoms with Crippen molar-refractivity contribution in [1.29, 1.82) is 0 Å². The minimum absolute atomic E-state index is 0.445. The molecular formula is C11H18. The van der Waals surface area contributed by atoms with Crippen molar-refractivity contribution in [2.75, 3.05) is 0 Å². The van der Waals surface area contributed by atoms with Gasteiger partial charge in [-0.2, -0.15) is 0 Å². The van der Waals surface area contributed by atoms with Crippen LogP contribution in [0.15, 0.2) is 23.8 Å². The van der Waals surface area contributed by atoms with E-state index in [9.17, 15) is 0 Å². The lowest BCUT2D eigenvalue weighted by Gasteiger charge is -2.26. The highest BCUT2D eigenvalue weighted by Crippen LogP contribution is 2.33. The van der Waals surface area contributed by atoms with Crippen molar-refractivity contribution < 1.29 is 0 Å². The SMILES string of the molecule is CCC1=CC(C)(CC)CC=C1.